The topological polar surface area (TPSA) is 66.5 Å². The van der Waals surface area contributed by atoms with Gasteiger partial charge in [-0.05, 0) is 42.9 Å². The van der Waals surface area contributed by atoms with Crippen molar-refractivity contribution >= 4 is 17.6 Å². The number of hydrogen-bond donors (Lipinski definition) is 1. The lowest BCUT2D eigenvalue weighted by Gasteiger charge is -2.35. The van der Waals surface area contributed by atoms with Gasteiger partial charge in [-0.15, -0.1) is 0 Å². The fraction of sp³-hybridized carbons (Fsp3) is 0.815. The zero-order valence-corrected chi connectivity index (χ0v) is 21.1. The molecule has 196 valence electrons. The number of Topliss-reactive ketones (excluding diaryl/α,β-unsaturated/α-hetero) is 1. The first-order valence-corrected chi connectivity index (χ1v) is 13.4. The summed E-state index contributed by atoms with van der Waals surface area (Å²) in [7, 11) is 0. The molecule has 35 heavy (non-hydrogen) atoms. The maximum Gasteiger partial charge on any atom is 0.425 e. The molecule has 0 aromatic rings. The van der Waals surface area contributed by atoms with Gasteiger partial charge in [0.15, 0.2) is 5.78 Å². The summed E-state index contributed by atoms with van der Waals surface area (Å²) in [5.74, 6) is -2.25. The van der Waals surface area contributed by atoms with Crippen molar-refractivity contribution in [3.05, 3.63) is 11.3 Å². The van der Waals surface area contributed by atoms with E-state index in [0.717, 1.165) is 64.2 Å². The lowest BCUT2D eigenvalue weighted by Crippen LogP contribution is -2.66. The summed E-state index contributed by atoms with van der Waals surface area (Å²) in [6.45, 7) is 3.86. The molecule has 1 aliphatic heterocycles. The van der Waals surface area contributed by atoms with E-state index in [1.54, 1.807) is 0 Å². The molecule has 0 bridgehead atoms. The summed E-state index contributed by atoms with van der Waals surface area (Å²) >= 11 is 0. The third kappa shape index (κ3) is 5.17. The highest BCUT2D eigenvalue weighted by Gasteiger charge is 2.71. The number of nitrogens with one attached hydrogen (secondary N) is 1. The Hall–Kier alpha value is -1.86. The molecule has 0 radical (unpaired) electrons. The van der Waals surface area contributed by atoms with Crippen LogP contribution in [0.5, 0.6) is 0 Å². The molecule has 4 aliphatic rings. The zero-order valence-electron chi connectivity index (χ0n) is 21.1. The quantitative estimate of drug-likeness (QED) is 0.503. The van der Waals surface area contributed by atoms with Gasteiger partial charge in [-0.3, -0.25) is 14.4 Å². The van der Waals surface area contributed by atoms with Crippen molar-refractivity contribution in [3.63, 3.8) is 0 Å². The van der Waals surface area contributed by atoms with Crippen molar-refractivity contribution in [2.24, 2.45) is 17.3 Å². The van der Waals surface area contributed by atoms with Crippen LogP contribution in [-0.2, 0) is 14.4 Å². The average molecular weight is 497 g/mol. The van der Waals surface area contributed by atoms with E-state index >= 15 is 0 Å². The molecule has 2 amide bonds. The number of ketones is 1. The first kappa shape index (κ1) is 26.2. The van der Waals surface area contributed by atoms with Gasteiger partial charge < -0.3 is 10.2 Å². The lowest BCUT2D eigenvalue weighted by atomic mass is 9.72. The lowest BCUT2D eigenvalue weighted by molar-refractivity contribution is -0.194. The molecule has 1 atom stereocenters. The average Bonchev–Trinajstić information content (AvgIpc) is 3.01. The van der Waals surface area contributed by atoms with Crippen LogP contribution < -0.4 is 5.32 Å². The number of carbonyl (C=O) groups is 3. The minimum absolute atomic E-state index is 0.0688. The molecule has 0 saturated heterocycles. The number of nitrogens with zero attached hydrogens (tertiary/aromatic N) is 1. The SMILES string of the molecule is CC1(C)CC(=O)C2=C(C1)N(CC1CCCCC1)C(=O)C2(NC(=O)CCC1CCCCC1)C(F)(F)F. The molecule has 2 saturated carbocycles. The number of amides is 2. The Morgan fingerprint density at radius 1 is 0.943 bits per heavy atom. The Balaban J connectivity index is 1.66. The van der Waals surface area contributed by atoms with Crippen LogP contribution >= 0.6 is 0 Å². The molecule has 5 nitrogen and oxygen atoms in total. The maximum absolute atomic E-state index is 14.9. The second-order valence-electron chi connectivity index (χ2n) is 12.0. The summed E-state index contributed by atoms with van der Waals surface area (Å²) in [5.41, 5.74) is -4.18. The molecule has 1 unspecified atom stereocenters. The van der Waals surface area contributed by atoms with Crippen LogP contribution in [-0.4, -0.2) is 40.8 Å². The zero-order chi connectivity index (χ0) is 25.4. The molecule has 0 aromatic heterocycles. The number of rotatable bonds is 6. The van der Waals surface area contributed by atoms with E-state index in [4.69, 9.17) is 0 Å². The third-order valence-corrected chi connectivity index (χ3v) is 8.54. The van der Waals surface area contributed by atoms with Crippen LogP contribution in [0.25, 0.3) is 0 Å². The van der Waals surface area contributed by atoms with E-state index in [1.807, 2.05) is 13.8 Å². The summed E-state index contributed by atoms with van der Waals surface area (Å²) in [6.07, 6.45) is 5.52. The molecule has 1 N–H and O–H groups in total. The minimum atomic E-state index is -5.11. The first-order valence-electron chi connectivity index (χ1n) is 13.4. The molecular formula is C27H39F3N2O3. The highest BCUT2D eigenvalue weighted by atomic mass is 19.4. The van der Waals surface area contributed by atoms with Gasteiger partial charge in [-0.1, -0.05) is 65.2 Å². The normalized spacial score (nSPS) is 28.4. The molecule has 0 spiro atoms. The van der Waals surface area contributed by atoms with Crippen molar-refractivity contribution in [1.29, 1.82) is 0 Å². The van der Waals surface area contributed by atoms with Gasteiger partial charge in [0, 0.05) is 25.1 Å². The summed E-state index contributed by atoms with van der Waals surface area (Å²) in [5, 5.41) is 2.11. The molecule has 2 fully saturated rings. The Kier molecular flexibility index (Phi) is 7.41. The van der Waals surface area contributed by atoms with E-state index in [0.29, 0.717) is 12.3 Å². The van der Waals surface area contributed by atoms with Gasteiger partial charge in [0.2, 0.25) is 11.4 Å². The largest absolute Gasteiger partial charge is 0.425 e. The van der Waals surface area contributed by atoms with Gasteiger partial charge in [-0.2, -0.15) is 13.2 Å². The molecule has 1 heterocycles. The molecule has 0 aromatic carbocycles. The van der Waals surface area contributed by atoms with E-state index in [9.17, 15) is 27.6 Å². The van der Waals surface area contributed by atoms with Gasteiger partial charge in [0.05, 0.1) is 5.57 Å². The molecular weight excluding hydrogens is 457 g/mol. The van der Waals surface area contributed by atoms with Crippen LogP contribution in [0.3, 0.4) is 0 Å². The molecule has 8 heteroatoms. The van der Waals surface area contributed by atoms with E-state index in [1.165, 1.54) is 4.90 Å². The van der Waals surface area contributed by atoms with Crippen LogP contribution in [0.4, 0.5) is 13.2 Å². The predicted octanol–water partition coefficient (Wildman–Crippen LogP) is 5.83. The van der Waals surface area contributed by atoms with Crippen molar-refractivity contribution in [2.75, 3.05) is 6.54 Å². The Morgan fingerprint density at radius 2 is 1.51 bits per heavy atom. The molecule has 4 rings (SSSR count). The number of hydrogen-bond acceptors (Lipinski definition) is 3. The first-order chi connectivity index (χ1) is 16.4. The Bertz CT molecular complexity index is 883. The Morgan fingerprint density at radius 3 is 2.09 bits per heavy atom. The summed E-state index contributed by atoms with van der Waals surface area (Å²) in [6, 6.07) is 0. The number of carbonyl (C=O) groups excluding carboxylic acids is 3. The number of alkyl halides is 3. The van der Waals surface area contributed by atoms with Crippen LogP contribution in [0, 0.1) is 17.3 Å². The highest BCUT2D eigenvalue weighted by Crippen LogP contribution is 2.52. The molecule has 3 aliphatic carbocycles. The second-order valence-corrected chi connectivity index (χ2v) is 12.0. The smallest absolute Gasteiger partial charge is 0.330 e. The maximum atomic E-state index is 14.9. The van der Waals surface area contributed by atoms with Gasteiger partial charge >= 0.3 is 6.18 Å². The van der Waals surface area contributed by atoms with E-state index in [2.05, 4.69) is 5.32 Å². The van der Waals surface area contributed by atoms with E-state index in [-0.39, 0.29) is 37.4 Å². The Labute approximate surface area is 206 Å². The highest BCUT2D eigenvalue weighted by molar-refractivity contribution is 6.13. The third-order valence-electron chi connectivity index (χ3n) is 8.54. The monoisotopic (exact) mass is 496 g/mol. The number of allylic oxidation sites excluding steroid dienone is 1. The second kappa shape index (κ2) is 9.89. The van der Waals surface area contributed by atoms with Gasteiger partial charge in [0.25, 0.3) is 5.91 Å². The van der Waals surface area contributed by atoms with Crippen LogP contribution in [0.2, 0.25) is 0 Å². The predicted molar refractivity (Wildman–Crippen MR) is 126 cm³/mol. The van der Waals surface area contributed by atoms with Crippen LogP contribution in [0.1, 0.15) is 104 Å². The van der Waals surface area contributed by atoms with Crippen molar-refractivity contribution in [2.45, 2.75) is 115 Å². The minimum Gasteiger partial charge on any atom is -0.330 e. The summed E-state index contributed by atoms with van der Waals surface area (Å²) < 4.78 is 44.6. The number of halogens is 3. The fourth-order valence-corrected chi connectivity index (χ4v) is 6.73. The van der Waals surface area contributed by atoms with Gasteiger partial charge in [0.1, 0.15) is 0 Å². The van der Waals surface area contributed by atoms with Crippen molar-refractivity contribution in [1.82, 2.24) is 10.2 Å². The fourth-order valence-electron chi connectivity index (χ4n) is 6.73. The van der Waals surface area contributed by atoms with Crippen molar-refractivity contribution < 1.29 is 27.6 Å². The van der Waals surface area contributed by atoms with Gasteiger partial charge in [-0.25, -0.2) is 0 Å². The summed E-state index contributed by atoms with van der Waals surface area (Å²) in [4.78, 5) is 41.1. The van der Waals surface area contributed by atoms with Crippen LogP contribution in [0.15, 0.2) is 11.3 Å². The van der Waals surface area contributed by atoms with Crippen molar-refractivity contribution in [3.8, 4) is 0 Å². The van der Waals surface area contributed by atoms with E-state index < -0.39 is 40.3 Å². The standard InChI is InChI=1S/C27H39F3N2O3/c1-25(2)15-20-23(21(33)16-25)26(27(28,29)30,24(35)32(20)17-19-11-7-4-8-12-19)31-22(34)14-13-18-9-5-3-6-10-18/h18-19H,3-17H2,1-2H3,(H,31,34).